The van der Waals surface area contributed by atoms with E-state index in [1.54, 1.807) is 18.4 Å². The lowest BCUT2D eigenvalue weighted by atomic mass is 10.0. The summed E-state index contributed by atoms with van der Waals surface area (Å²) in [7, 11) is 1.67. The van der Waals surface area contributed by atoms with Crippen molar-refractivity contribution in [2.45, 2.75) is 20.3 Å². The zero-order valence-electron chi connectivity index (χ0n) is 13.3. The summed E-state index contributed by atoms with van der Waals surface area (Å²) < 4.78 is 5.24. The van der Waals surface area contributed by atoms with Crippen molar-refractivity contribution in [3.63, 3.8) is 0 Å². The van der Waals surface area contributed by atoms with Crippen molar-refractivity contribution < 1.29 is 4.74 Å². The molecule has 6 heteroatoms. The number of aromatic nitrogens is 2. The summed E-state index contributed by atoms with van der Waals surface area (Å²) in [6.07, 6.45) is 1.02. The summed E-state index contributed by atoms with van der Waals surface area (Å²) in [5, 5.41) is 4.68. The van der Waals surface area contributed by atoms with Crippen molar-refractivity contribution in [1.82, 2.24) is 9.97 Å². The molecule has 0 aliphatic carbocycles. The number of anilines is 1. The number of methoxy groups -OCH3 is 1. The van der Waals surface area contributed by atoms with Crippen LogP contribution in [0, 0.1) is 6.92 Å². The van der Waals surface area contributed by atoms with E-state index in [-0.39, 0.29) is 5.28 Å². The zero-order valence-corrected chi connectivity index (χ0v) is 14.9. The number of halogens is 1. The molecule has 0 aliphatic heterocycles. The van der Waals surface area contributed by atoms with Crippen molar-refractivity contribution >= 4 is 39.0 Å². The number of nitrogens with one attached hydrogen (secondary N) is 1. The van der Waals surface area contributed by atoms with E-state index < -0.39 is 0 Å². The molecular formula is C17H18ClN3OS. The highest BCUT2D eigenvalue weighted by Gasteiger charge is 2.18. The average molecular weight is 348 g/mol. The second-order valence-corrected chi connectivity index (χ2v) is 6.75. The second-order valence-electron chi connectivity index (χ2n) is 5.21. The van der Waals surface area contributed by atoms with E-state index in [1.807, 2.05) is 12.1 Å². The van der Waals surface area contributed by atoms with Gasteiger partial charge < -0.3 is 10.1 Å². The molecule has 0 aliphatic rings. The van der Waals surface area contributed by atoms with E-state index in [0.29, 0.717) is 0 Å². The molecule has 3 aromatic rings. The van der Waals surface area contributed by atoms with Crippen LogP contribution in [0.4, 0.5) is 5.82 Å². The predicted octanol–water partition coefficient (Wildman–Crippen LogP) is 5.15. The van der Waals surface area contributed by atoms with E-state index >= 15 is 0 Å². The highest BCUT2D eigenvalue weighted by Crippen LogP contribution is 2.41. The normalized spacial score (nSPS) is 11.0. The molecule has 0 atom stereocenters. The molecule has 120 valence electrons. The van der Waals surface area contributed by atoms with Gasteiger partial charge in [-0.2, -0.15) is 0 Å². The monoisotopic (exact) mass is 347 g/mol. The molecule has 0 bridgehead atoms. The molecule has 0 fully saturated rings. The van der Waals surface area contributed by atoms with Crippen LogP contribution in [0.25, 0.3) is 21.3 Å². The Morgan fingerprint density at radius 3 is 2.61 bits per heavy atom. The fourth-order valence-electron chi connectivity index (χ4n) is 2.56. The maximum absolute atomic E-state index is 6.08. The van der Waals surface area contributed by atoms with Gasteiger partial charge in [-0.15, -0.1) is 11.3 Å². The standard InChI is InChI=1S/C17H18ClN3OS/c1-4-9-19-15-14-13(11-5-7-12(22-3)8-6-11)10(2)23-16(14)21-17(18)20-15/h5-8H,4,9H2,1-3H3,(H,19,20,21). The summed E-state index contributed by atoms with van der Waals surface area (Å²) in [4.78, 5) is 10.9. The number of fused-ring (bicyclic) bond motifs is 1. The lowest BCUT2D eigenvalue weighted by Gasteiger charge is -2.09. The Labute approximate surface area is 144 Å². The van der Waals surface area contributed by atoms with Gasteiger partial charge in [0.05, 0.1) is 12.5 Å². The third-order valence-electron chi connectivity index (χ3n) is 3.62. The molecule has 3 rings (SSSR count). The highest BCUT2D eigenvalue weighted by atomic mass is 35.5. The third kappa shape index (κ3) is 3.12. The van der Waals surface area contributed by atoms with Crippen LogP contribution in [0.15, 0.2) is 24.3 Å². The first-order chi connectivity index (χ1) is 11.1. The number of benzene rings is 1. The number of nitrogens with zero attached hydrogens (tertiary/aromatic N) is 2. The molecule has 0 spiro atoms. The third-order valence-corrected chi connectivity index (χ3v) is 4.79. The molecule has 0 unspecified atom stereocenters. The van der Waals surface area contributed by atoms with E-state index in [0.717, 1.165) is 45.9 Å². The molecule has 0 radical (unpaired) electrons. The average Bonchev–Trinajstić information content (AvgIpc) is 2.88. The van der Waals surface area contributed by atoms with Crippen LogP contribution in [0.5, 0.6) is 5.75 Å². The van der Waals surface area contributed by atoms with Crippen molar-refractivity contribution in [3.05, 3.63) is 34.4 Å². The minimum Gasteiger partial charge on any atom is -0.497 e. The first-order valence-corrected chi connectivity index (χ1v) is 8.68. The van der Waals surface area contributed by atoms with Gasteiger partial charge in [0.25, 0.3) is 0 Å². The van der Waals surface area contributed by atoms with E-state index in [9.17, 15) is 0 Å². The number of aryl methyl sites for hydroxylation is 1. The maximum atomic E-state index is 6.08. The van der Waals surface area contributed by atoms with Gasteiger partial charge in [0.1, 0.15) is 16.4 Å². The van der Waals surface area contributed by atoms with Crippen molar-refractivity contribution in [2.75, 3.05) is 19.0 Å². The predicted molar refractivity (Wildman–Crippen MR) is 97.9 cm³/mol. The van der Waals surface area contributed by atoms with Crippen LogP contribution in [0.2, 0.25) is 5.28 Å². The number of hydrogen-bond acceptors (Lipinski definition) is 5. The lowest BCUT2D eigenvalue weighted by Crippen LogP contribution is -2.03. The molecule has 4 nitrogen and oxygen atoms in total. The van der Waals surface area contributed by atoms with Crippen molar-refractivity contribution in [3.8, 4) is 16.9 Å². The smallest absolute Gasteiger partial charge is 0.225 e. The number of ether oxygens (including phenoxy) is 1. The minimum atomic E-state index is 0.277. The van der Waals surface area contributed by atoms with Gasteiger partial charge in [0, 0.05) is 17.0 Å². The van der Waals surface area contributed by atoms with Crippen LogP contribution in [-0.2, 0) is 0 Å². The molecule has 2 heterocycles. The minimum absolute atomic E-state index is 0.277. The lowest BCUT2D eigenvalue weighted by molar-refractivity contribution is 0.415. The molecule has 1 aromatic carbocycles. The Kier molecular flexibility index (Phi) is 4.68. The Morgan fingerprint density at radius 1 is 1.22 bits per heavy atom. The Hall–Kier alpha value is -1.85. The van der Waals surface area contributed by atoms with Gasteiger partial charge in [0.15, 0.2) is 0 Å². The van der Waals surface area contributed by atoms with Crippen LogP contribution in [0.1, 0.15) is 18.2 Å². The largest absolute Gasteiger partial charge is 0.497 e. The molecule has 0 amide bonds. The maximum Gasteiger partial charge on any atom is 0.225 e. The molecule has 0 saturated carbocycles. The first kappa shape index (κ1) is 16.0. The summed E-state index contributed by atoms with van der Waals surface area (Å²) in [5.41, 5.74) is 2.28. The van der Waals surface area contributed by atoms with Crippen LogP contribution in [-0.4, -0.2) is 23.6 Å². The highest BCUT2D eigenvalue weighted by molar-refractivity contribution is 7.19. The molecule has 23 heavy (non-hydrogen) atoms. The van der Waals surface area contributed by atoms with Gasteiger partial charge in [-0.05, 0) is 42.6 Å². The second kappa shape index (κ2) is 6.72. The molecule has 2 aromatic heterocycles. The summed E-state index contributed by atoms with van der Waals surface area (Å²) >= 11 is 7.72. The summed E-state index contributed by atoms with van der Waals surface area (Å²) in [6.45, 7) is 5.07. The van der Waals surface area contributed by atoms with Crippen LogP contribution >= 0.6 is 22.9 Å². The fraction of sp³-hybridized carbons (Fsp3) is 0.294. The Morgan fingerprint density at radius 2 is 1.96 bits per heavy atom. The molecule has 0 saturated heterocycles. The summed E-state index contributed by atoms with van der Waals surface area (Å²) in [6, 6.07) is 8.06. The molecular weight excluding hydrogens is 330 g/mol. The zero-order chi connectivity index (χ0) is 16.4. The number of rotatable bonds is 5. The van der Waals surface area contributed by atoms with Gasteiger partial charge in [-0.3, -0.25) is 0 Å². The van der Waals surface area contributed by atoms with Gasteiger partial charge in [0.2, 0.25) is 5.28 Å². The number of hydrogen-bond donors (Lipinski definition) is 1. The Balaban J connectivity index is 2.20. The van der Waals surface area contributed by atoms with Crippen LogP contribution in [0.3, 0.4) is 0 Å². The SMILES string of the molecule is CCCNc1nc(Cl)nc2sc(C)c(-c3ccc(OC)cc3)c12. The first-order valence-electron chi connectivity index (χ1n) is 7.49. The van der Waals surface area contributed by atoms with Crippen molar-refractivity contribution in [1.29, 1.82) is 0 Å². The van der Waals surface area contributed by atoms with Gasteiger partial charge in [-0.25, -0.2) is 9.97 Å². The number of thiophene rings is 1. The van der Waals surface area contributed by atoms with E-state index in [4.69, 9.17) is 16.3 Å². The fourth-order valence-corrected chi connectivity index (χ4v) is 3.83. The topological polar surface area (TPSA) is 47.0 Å². The van der Waals surface area contributed by atoms with Crippen LogP contribution < -0.4 is 10.1 Å². The van der Waals surface area contributed by atoms with E-state index in [2.05, 4.69) is 41.3 Å². The quantitative estimate of drug-likeness (QED) is 0.648. The van der Waals surface area contributed by atoms with Crippen molar-refractivity contribution in [2.24, 2.45) is 0 Å². The van der Waals surface area contributed by atoms with Gasteiger partial charge >= 0.3 is 0 Å². The van der Waals surface area contributed by atoms with Gasteiger partial charge in [-0.1, -0.05) is 19.1 Å². The Bertz CT molecular complexity index is 830. The molecule has 1 N–H and O–H groups in total. The van der Waals surface area contributed by atoms with E-state index in [1.165, 1.54) is 4.88 Å². The summed E-state index contributed by atoms with van der Waals surface area (Å²) in [5.74, 6) is 1.64.